The number of aromatic amines is 1. The number of nitrogens with one attached hydrogen (secondary N) is 1. The van der Waals surface area contributed by atoms with Crippen LogP contribution in [0.2, 0.25) is 0 Å². The maximum absolute atomic E-state index is 5.92. The van der Waals surface area contributed by atoms with Crippen LogP contribution >= 0.6 is 0 Å². The quantitative estimate of drug-likeness (QED) is 0.396. The predicted molar refractivity (Wildman–Crippen MR) is 125 cm³/mol. The van der Waals surface area contributed by atoms with Gasteiger partial charge in [-0.2, -0.15) is 10.3 Å². The van der Waals surface area contributed by atoms with Gasteiger partial charge in [0.1, 0.15) is 5.82 Å². The second kappa shape index (κ2) is 10.3. The molecule has 0 aliphatic rings. The SMILES string of the molecule is CCCCc1nc(CCC(C)N)nn1Cc1ccc(-c2ccccc2-c2nn[nH]n2)cc1. The minimum Gasteiger partial charge on any atom is -0.328 e. The highest BCUT2D eigenvalue weighted by molar-refractivity contribution is 5.80. The van der Waals surface area contributed by atoms with Crippen LogP contribution in [-0.2, 0) is 19.4 Å². The molecule has 166 valence electrons. The summed E-state index contributed by atoms with van der Waals surface area (Å²) >= 11 is 0. The van der Waals surface area contributed by atoms with Crippen molar-refractivity contribution in [3.63, 3.8) is 0 Å². The maximum Gasteiger partial charge on any atom is 0.205 e. The van der Waals surface area contributed by atoms with Gasteiger partial charge in [-0.1, -0.05) is 61.9 Å². The normalized spacial score (nSPS) is 12.2. The van der Waals surface area contributed by atoms with E-state index in [1.165, 1.54) is 5.56 Å². The first-order valence-corrected chi connectivity index (χ1v) is 11.2. The molecule has 8 nitrogen and oxygen atoms in total. The number of benzene rings is 2. The van der Waals surface area contributed by atoms with Crippen molar-refractivity contribution in [3.8, 4) is 22.5 Å². The molecule has 2 heterocycles. The van der Waals surface area contributed by atoms with Crippen LogP contribution in [0.4, 0.5) is 0 Å². The molecule has 4 rings (SSSR count). The fourth-order valence-corrected chi connectivity index (χ4v) is 3.70. The molecule has 0 amide bonds. The van der Waals surface area contributed by atoms with E-state index in [4.69, 9.17) is 15.8 Å². The van der Waals surface area contributed by atoms with Gasteiger partial charge in [0.05, 0.1) is 6.54 Å². The molecule has 8 heteroatoms. The Morgan fingerprint density at radius 1 is 1.03 bits per heavy atom. The van der Waals surface area contributed by atoms with E-state index in [0.29, 0.717) is 12.4 Å². The number of aromatic nitrogens is 7. The summed E-state index contributed by atoms with van der Waals surface area (Å²) in [5.74, 6) is 2.53. The Morgan fingerprint density at radius 2 is 1.81 bits per heavy atom. The second-order valence-corrected chi connectivity index (χ2v) is 8.20. The first-order chi connectivity index (χ1) is 15.6. The Balaban J connectivity index is 1.54. The number of rotatable bonds is 10. The van der Waals surface area contributed by atoms with Gasteiger partial charge in [-0.25, -0.2) is 9.67 Å². The molecule has 2 aromatic heterocycles. The van der Waals surface area contributed by atoms with Crippen molar-refractivity contribution in [1.29, 1.82) is 0 Å². The molecule has 3 N–H and O–H groups in total. The van der Waals surface area contributed by atoms with Crippen LogP contribution in [0.15, 0.2) is 48.5 Å². The Bertz CT molecular complexity index is 1110. The molecule has 4 aromatic rings. The van der Waals surface area contributed by atoms with Crippen molar-refractivity contribution in [2.24, 2.45) is 5.73 Å². The van der Waals surface area contributed by atoms with Gasteiger partial charge in [0.25, 0.3) is 0 Å². The molecule has 0 fully saturated rings. The Morgan fingerprint density at radius 3 is 2.50 bits per heavy atom. The van der Waals surface area contributed by atoms with Crippen LogP contribution in [0.1, 0.15) is 50.3 Å². The summed E-state index contributed by atoms with van der Waals surface area (Å²) in [5.41, 5.74) is 10.2. The zero-order valence-corrected chi connectivity index (χ0v) is 18.7. The van der Waals surface area contributed by atoms with Crippen molar-refractivity contribution < 1.29 is 0 Å². The van der Waals surface area contributed by atoms with E-state index in [1.54, 1.807) is 0 Å². The number of aryl methyl sites for hydroxylation is 2. The standard InChI is InChI=1S/C24H30N8/c1-3-4-9-23-26-22(15-10-17(2)25)29-32(23)16-18-11-13-19(14-12-18)20-7-5-6-8-21(20)24-27-30-31-28-24/h5-8,11-14,17H,3-4,9-10,15-16,25H2,1-2H3,(H,27,28,30,31). The van der Waals surface area contributed by atoms with E-state index in [9.17, 15) is 0 Å². The molecule has 32 heavy (non-hydrogen) atoms. The van der Waals surface area contributed by atoms with Crippen LogP contribution in [-0.4, -0.2) is 41.4 Å². The lowest BCUT2D eigenvalue weighted by molar-refractivity contribution is 0.605. The van der Waals surface area contributed by atoms with Gasteiger partial charge in [0.15, 0.2) is 5.82 Å². The van der Waals surface area contributed by atoms with Crippen LogP contribution in [0.25, 0.3) is 22.5 Å². The summed E-state index contributed by atoms with van der Waals surface area (Å²) in [7, 11) is 0. The molecule has 0 radical (unpaired) electrons. The Kier molecular flexibility index (Phi) is 7.01. The third-order valence-electron chi connectivity index (χ3n) is 5.48. The summed E-state index contributed by atoms with van der Waals surface area (Å²) in [5, 5.41) is 19.3. The predicted octanol–water partition coefficient (Wildman–Crippen LogP) is 3.80. The van der Waals surface area contributed by atoms with Crippen LogP contribution in [0.3, 0.4) is 0 Å². The average Bonchev–Trinajstić information content (AvgIpc) is 3.47. The zero-order valence-electron chi connectivity index (χ0n) is 18.7. The number of nitrogens with zero attached hydrogens (tertiary/aromatic N) is 6. The summed E-state index contributed by atoms with van der Waals surface area (Å²) < 4.78 is 2.05. The van der Waals surface area contributed by atoms with E-state index >= 15 is 0 Å². The molecule has 0 aliphatic heterocycles. The van der Waals surface area contributed by atoms with Crippen LogP contribution < -0.4 is 5.73 Å². The number of H-pyrrole nitrogens is 1. The molecular formula is C24H30N8. The van der Waals surface area contributed by atoms with Gasteiger partial charge in [0.2, 0.25) is 5.82 Å². The van der Waals surface area contributed by atoms with Crippen molar-refractivity contribution in [1.82, 2.24) is 35.4 Å². The van der Waals surface area contributed by atoms with E-state index < -0.39 is 0 Å². The molecule has 0 saturated heterocycles. The lowest BCUT2D eigenvalue weighted by atomic mass is 9.98. The fourth-order valence-electron chi connectivity index (χ4n) is 3.70. The Labute approximate surface area is 188 Å². The molecule has 0 aliphatic carbocycles. The van der Waals surface area contributed by atoms with Gasteiger partial charge in [-0.15, -0.1) is 10.2 Å². The van der Waals surface area contributed by atoms with Gasteiger partial charge in [-0.05, 0) is 41.7 Å². The van der Waals surface area contributed by atoms with Crippen molar-refractivity contribution in [3.05, 3.63) is 65.7 Å². The van der Waals surface area contributed by atoms with E-state index in [0.717, 1.165) is 60.4 Å². The zero-order chi connectivity index (χ0) is 22.3. The molecule has 0 bridgehead atoms. The smallest absolute Gasteiger partial charge is 0.205 e. The summed E-state index contributed by atoms with van der Waals surface area (Å²) in [6, 6.07) is 16.8. The van der Waals surface area contributed by atoms with Gasteiger partial charge in [0, 0.05) is 24.4 Å². The highest BCUT2D eigenvalue weighted by Gasteiger charge is 2.13. The lowest BCUT2D eigenvalue weighted by Gasteiger charge is -2.09. The maximum atomic E-state index is 5.92. The van der Waals surface area contributed by atoms with E-state index in [1.807, 2.05) is 25.1 Å². The monoisotopic (exact) mass is 430 g/mol. The molecule has 0 saturated carbocycles. The van der Waals surface area contributed by atoms with Gasteiger partial charge < -0.3 is 5.73 Å². The summed E-state index contributed by atoms with van der Waals surface area (Å²) in [6.45, 7) is 4.92. The Hall–Kier alpha value is -3.39. The number of tetrazole rings is 1. The number of hydrogen-bond donors (Lipinski definition) is 2. The second-order valence-electron chi connectivity index (χ2n) is 8.20. The number of nitrogens with two attached hydrogens (primary N) is 1. The highest BCUT2D eigenvalue weighted by atomic mass is 15.5. The first-order valence-electron chi connectivity index (χ1n) is 11.2. The summed E-state index contributed by atoms with van der Waals surface area (Å²) in [6.07, 6.45) is 4.90. The third-order valence-corrected chi connectivity index (χ3v) is 5.48. The molecule has 2 aromatic carbocycles. The number of unbranched alkanes of at least 4 members (excludes halogenated alkanes) is 1. The molecular weight excluding hydrogens is 400 g/mol. The van der Waals surface area contributed by atoms with Crippen molar-refractivity contribution >= 4 is 0 Å². The molecule has 0 spiro atoms. The largest absolute Gasteiger partial charge is 0.328 e. The third kappa shape index (κ3) is 5.26. The van der Waals surface area contributed by atoms with Crippen molar-refractivity contribution in [2.75, 3.05) is 0 Å². The van der Waals surface area contributed by atoms with Gasteiger partial charge >= 0.3 is 0 Å². The summed E-state index contributed by atoms with van der Waals surface area (Å²) in [4.78, 5) is 4.79. The fraction of sp³-hybridized carbons (Fsp3) is 0.375. The lowest BCUT2D eigenvalue weighted by Crippen LogP contribution is -2.15. The average molecular weight is 431 g/mol. The first kappa shape index (κ1) is 21.8. The van der Waals surface area contributed by atoms with Crippen LogP contribution in [0, 0.1) is 0 Å². The van der Waals surface area contributed by atoms with E-state index in [2.05, 4.69) is 62.6 Å². The van der Waals surface area contributed by atoms with Crippen molar-refractivity contribution in [2.45, 2.75) is 58.5 Å². The van der Waals surface area contributed by atoms with E-state index in [-0.39, 0.29) is 6.04 Å². The van der Waals surface area contributed by atoms with Crippen LogP contribution in [0.5, 0.6) is 0 Å². The molecule has 1 atom stereocenters. The van der Waals surface area contributed by atoms with Gasteiger partial charge in [-0.3, -0.25) is 0 Å². The topological polar surface area (TPSA) is 111 Å². The number of hydrogen-bond acceptors (Lipinski definition) is 6. The highest BCUT2D eigenvalue weighted by Crippen LogP contribution is 2.29. The molecule has 1 unspecified atom stereocenters. The minimum atomic E-state index is 0.156. The minimum absolute atomic E-state index is 0.156.